The molecule has 0 radical (unpaired) electrons. The average Bonchev–Trinajstić information content (AvgIpc) is 3.37. The molecule has 1 N–H and O–H groups in total. The van der Waals surface area contributed by atoms with Gasteiger partial charge in [-0.1, -0.05) is 41.5 Å². The molecule has 1 amide bonds. The van der Waals surface area contributed by atoms with Crippen LogP contribution in [-0.2, 0) is 10.8 Å². The predicted molar refractivity (Wildman–Crippen MR) is 152 cm³/mol. The van der Waals surface area contributed by atoms with Gasteiger partial charge in [0.1, 0.15) is 11.3 Å². The molecule has 8 heteroatoms. The van der Waals surface area contributed by atoms with Crippen LogP contribution in [0.2, 0.25) is 0 Å². The predicted octanol–water partition coefficient (Wildman–Crippen LogP) is 6.54. The maximum Gasteiger partial charge on any atom is 0.259 e. The fraction of sp³-hybridized carbons (Fsp3) is 0.500. The zero-order valence-corrected chi connectivity index (χ0v) is 24.5. The van der Waals surface area contributed by atoms with Crippen molar-refractivity contribution in [3.05, 3.63) is 51.3 Å². The van der Waals surface area contributed by atoms with E-state index in [1.807, 2.05) is 4.90 Å². The van der Waals surface area contributed by atoms with Crippen LogP contribution < -0.4 is 9.47 Å². The van der Waals surface area contributed by atoms with Gasteiger partial charge in [-0.2, -0.15) is 4.98 Å². The van der Waals surface area contributed by atoms with Gasteiger partial charge in [-0.05, 0) is 41.9 Å². The minimum atomic E-state index is -0.194. The smallest absolute Gasteiger partial charge is 0.259 e. The number of benzene rings is 1. The summed E-state index contributed by atoms with van der Waals surface area (Å²) in [6.45, 7) is 14.0. The zero-order valence-electron chi connectivity index (χ0n) is 23.7. The molecular weight excluding hydrogens is 498 g/mol. The number of ether oxygens (including phenoxy) is 2. The first-order chi connectivity index (χ1) is 17.8. The Labute approximate surface area is 229 Å². The highest BCUT2D eigenvalue weighted by molar-refractivity contribution is 7.10. The van der Waals surface area contributed by atoms with Gasteiger partial charge in [0, 0.05) is 47.1 Å². The van der Waals surface area contributed by atoms with Crippen LogP contribution in [0.5, 0.6) is 17.5 Å². The second kappa shape index (κ2) is 10.6. The Kier molecular flexibility index (Phi) is 7.75. The molecule has 1 aromatic carbocycles. The summed E-state index contributed by atoms with van der Waals surface area (Å²) < 4.78 is 10.5. The van der Waals surface area contributed by atoms with Crippen LogP contribution in [0.3, 0.4) is 0 Å². The summed E-state index contributed by atoms with van der Waals surface area (Å²) >= 11 is 1.68. The molecule has 0 atom stereocenters. The van der Waals surface area contributed by atoms with Crippen molar-refractivity contribution in [1.82, 2.24) is 14.9 Å². The minimum Gasteiger partial charge on any atom is -0.507 e. The number of hydrogen-bond donors (Lipinski definition) is 1. The molecule has 4 rings (SSSR count). The number of phenolic OH excluding ortho intramolecular Hbond substituents is 1. The van der Waals surface area contributed by atoms with Crippen LogP contribution in [0.15, 0.2) is 29.6 Å². The van der Waals surface area contributed by atoms with Crippen molar-refractivity contribution in [2.24, 2.45) is 0 Å². The van der Waals surface area contributed by atoms with Gasteiger partial charge in [-0.3, -0.25) is 4.79 Å². The van der Waals surface area contributed by atoms with Crippen molar-refractivity contribution in [2.75, 3.05) is 27.3 Å². The molecule has 1 aliphatic heterocycles. The van der Waals surface area contributed by atoms with E-state index >= 15 is 0 Å². The van der Waals surface area contributed by atoms with Crippen LogP contribution in [0.4, 0.5) is 0 Å². The number of piperidine rings is 1. The number of amides is 1. The molecule has 204 valence electrons. The van der Waals surface area contributed by atoms with E-state index in [1.54, 1.807) is 23.5 Å². The first-order valence-corrected chi connectivity index (χ1v) is 13.9. The molecule has 0 unspecified atom stereocenters. The van der Waals surface area contributed by atoms with E-state index in [2.05, 4.69) is 64.0 Å². The van der Waals surface area contributed by atoms with Crippen molar-refractivity contribution >= 4 is 17.2 Å². The number of methoxy groups -OCH3 is 2. The minimum absolute atomic E-state index is 0.0798. The van der Waals surface area contributed by atoms with Gasteiger partial charge >= 0.3 is 0 Å². The number of aromatic nitrogens is 2. The van der Waals surface area contributed by atoms with Crippen molar-refractivity contribution in [3.8, 4) is 28.8 Å². The SMILES string of the molecule is COc1ccc(C(=O)N2CCC(c3nc(-c4cc(C(C)(C)C)c(O)c(C(C)(C)C)c4)cs3)CC2)c(OC)n1. The number of hydrogen-bond acceptors (Lipinski definition) is 7. The lowest BCUT2D eigenvalue weighted by molar-refractivity contribution is 0.0708. The maximum atomic E-state index is 13.2. The van der Waals surface area contributed by atoms with E-state index in [4.69, 9.17) is 14.5 Å². The molecule has 1 saturated heterocycles. The van der Waals surface area contributed by atoms with Crippen molar-refractivity contribution < 1.29 is 19.4 Å². The summed E-state index contributed by atoms with van der Waals surface area (Å²) in [5, 5.41) is 14.3. The van der Waals surface area contributed by atoms with Crippen LogP contribution in [0, 0.1) is 0 Å². The number of pyridine rings is 1. The number of nitrogens with zero attached hydrogens (tertiary/aromatic N) is 3. The lowest BCUT2D eigenvalue weighted by Gasteiger charge is -2.31. The average molecular weight is 538 g/mol. The highest BCUT2D eigenvalue weighted by Crippen LogP contribution is 2.43. The number of carbonyl (C=O) groups excluding carboxylic acids is 1. The number of phenols is 1. The Morgan fingerprint density at radius 2 is 1.58 bits per heavy atom. The number of thiazole rings is 1. The van der Waals surface area contributed by atoms with Crippen LogP contribution in [-0.4, -0.2) is 53.2 Å². The summed E-state index contributed by atoms with van der Waals surface area (Å²) in [5.41, 5.74) is 3.90. The van der Waals surface area contributed by atoms with E-state index in [0.717, 1.165) is 40.2 Å². The lowest BCUT2D eigenvalue weighted by Crippen LogP contribution is -2.38. The molecule has 7 nitrogen and oxygen atoms in total. The molecule has 38 heavy (non-hydrogen) atoms. The maximum absolute atomic E-state index is 13.2. The molecule has 3 heterocycles. The largest absolute Gasteiger partial charge is 0.507 e. The Morgan fingerprint density at radius 1 is 0.974 bits per heavy atom. The fourth-order valence-electron chi connectivity index (χ4n) is 4.89. The van der Waals surface area contributed by atoms with E-state index in [0.29, 0.717) is 36.2 Å². The third-order valence-corrected chi connectivity index (χ3v) is 8.15. The Morgan fingerprint density at radius 3 is 2.11 bits per heavy atom. The van der Waals surface area contributed by atoms with Crippen LogP contribution in [0.1, 0.15) is 86.8 Å². The van der Waals surface area contributed by atoms with Crippen molar-refractivity contribution in [3.63, 3.8) is 0 Å². The van der Waals surface area contributed by atoms with E-state index in [1.165, 1.54) is 14.2 Å². The quantitative estimate of drug-likeness (QED) is 0.398. The molecule has 2 aromatic heterocycles. The Hall–Kier alpha value is -3.13. The van der Waals surface area contributed by atoms with E-state index in [-0.39, 0.29) is 22.6 Å². The van der Waals surface area contributed by atoms with E-state index in [9.17, 15) is 9.90 Å². The number of aromatic hydroxyl groups is 1. The summed E-state index contributed by atoms with van der Waals surface area (Å²) in [4.78, 5) is 24.4. The Balaban J connectivity index is 1.52. The van der Waals surface area contributed by atoms with Crippen LogP contribution >= 0.6 is 11.3 Å². The second-order valence-corrected chi connectivity index (χ2v) is 12.9. The zero-order chi connectivity index (χ0) is 27.8. The molecule has 1 aliphatic rings. The summed E-state index contributed by atoms with van der Waals surface area (Å²) in [5.74, 6) is 1.29. The molecule has 0 aliphatic carbocycles. The van der Waals surface area contributed by atoms with Gasteiger partial charge in [0.05, 0.1) is 24.9 Å². The topological polar surface area (TPSA) is 84.8 Å². The van der Waals surface area contributed by atoms with Gasteiger partial charge in [0.2, 0.25) is 11.8 Å². The fourth-order valence-corrected chi connectivity index (χ4v) is 5.89. The lowest BCUT2D eigenvalue weighted by atomic mass is 9.78. The van der Waals surface area contributed by atoms with E-state index < -0.39 is 0 Å². The summed E-state index contributed by atoms with van der Waals surface area (Å²) in [7, 11) is 3.04. The third-order valence-electron chi connectivity index (χ3n) is 7.14. The normalized spacial score (nSPS) is 15.0. The van der Waals surface area contributed by atoms with Gasteiger partial charge in [0.25, 0.3) is 5.91 Å². The molecule has 0 saturated carbocycles. The van der Waals surface area contributed by atoms with Gasteiger partial charge < -0.3 is 19.5 Å². The molecule has 0 spiro atoms. The highest BCUT2D eigenvalue weighted by Gasteiger charge is 2.30. The van der Waals surface area contributed by atoms with Crippen LogP contribution in [0.25, 0.3) is 11.3 Å². The number of likely N-dealkylation sites (tertiary alicyclic amines) is 1. The molecule has 1 fully saturated rings. The number of carbonyl (C=O) groups is 1. The first-order valence-electron chi connectivity index (χ1n) is 13.1. The van der Waals surface area contributed by atoms with Gasteiger partial charge in [0.15, 0.2) is 0 Å². The van der Waals surface area contributed by atoms with Gasteiger partial charge in [-0.25, -0.2) is 4.98 Å². The first kappa shape index (κ1) is 27.9. The standard InChI is InChI=1S/C30H39N3O4S/c1-29(2,3)21-15-19(16-22(25(21)34)30(4,5)6)23-17-38-27(31-23)18-11-13-33(14-12-18)28(35)20-9-10-24(36-7)32-26(20)37-8/h9-10,15-18,34H,11-14H2,1-8H3. The molecular formula is C30H39N3O4S. The summed E-state index contributed by atoms with van der Waals surface area (Å²) in [6, 6.07) is 7.56. The summed E-state index contributed by atoms with van der Waals surface area (Å²) in [6.07, 6.45) is 1.70. The van der Waals surface area contributed by atoms with Crippen molar-refractivity contribution in [2.45, 2.75) is 71.1 Å². The molecule has 0 bridgehead atoms. The van der Waals surface area contributed by atoms with Crippen molar-refractivity contribution in [1.29, 1.82) is 0 Å². The monoisotopic (exact) mass is 537 g/mol. The Bertz CT molecular complexity index is 1280. The molecule has 3 aromatic rings. The third kappa shape index (κ3) is 5.65. The van der Waals surface area contributed by atoms with Gasteiger partial charge in [-0.15, -0.1) is 11.3 Å². The highest BCUT2D eigenvalue weighted by atomic mass is 32.1. The second-order valence-electron chi connectivity index (χ2n) is 12.0. The number of rotatable bonds is 5.